The number of hydrogen-bond acceptors (Lipinski definition) is 4. The fourth-order valence-corrected chi connectivity index (χ4v) is 4.84. The lowest BCUT2D eigenvalue weighted by Gasteiger charge is -2.46. The summed E-state index contributed by atoms with van der Waals surface area (Å²) >= 11 is 0. The lowest BCUT2D eigenvalue weighted by atomic mass is 9.55. The summed E-state index contributed by atoms with van der Waals surface area (Å²) in [6, 6.07) is 15.2. The largest absolute Gasteiger partial charge is 0.329 e. The number of nitrogens with one attached hydrogen (secondary N) is 2. The molecule has 3 rings (SSSR count). The van der Waals surface area contributed by atoms with E-state index in [0.29, 0.717) is 12.0 Å². The summed E-state index contributed by atoms with van der Waals surface area (Å²) in [4.78, 5) is 1.37. The van der Waals surface area contributed by atoms with Crippen LogP contribution in [0.4, 0.5) is 0 Å². The maximum Gasteiger partial charge on any atom is 0.203 e. The molecule has 0 bridgehead atoms. The molecule has 1 aromatic carbocycles. The molecule has 1 heterocycles. The van der Waals surface area contributed by atoms with Crippen molar-refractivity contribution in [3.05, 3.63) is 47.0 Å². The molecular formula is C24H28N5+. The number of nitrogens with zero attached hydrogens (tertiary/aromatic N) is 3. The fourth-order valence-electron chi connectivity index (χ4n) is 4.84. The summed E-state index contributed by atoms with van der Waals surface area (Å²) in [7, 11) is 0. The molecule has 0 spiro atoms. The van der Waals surface area contributed by atoms with Crippen LogP contribution in [0.1, 0.15) is 50.7 Å². The Morgan fingerprint density at radius 2 is 1.69 bits per heavy atom. The van der Waals surface area contributed by atoms with Gasteiger partial charge in [0.2, 0.25) is 5.41 Å². The first kappa shape index (κ1) is 20.8. The fraction of sp³-hybridized carbons (Fsp3) is 0.500. The second kappa shape index (κ2) is 7.82. The average Bonchev–Trinajstić information content (AvgIpc) is 2.73. The Bertz CT molecular complexity index is 935. The van der Waals surface area contributed by atoms with Crippen molar-refractivity contribution in [3.8, 4) is 18.2 Å². The molecule has 2 N–H and O–H groups in total. The van der Waals surface area contributed by atoms with E-state index in [2.05, 4.69) is 70.2 Å². The number of nitriles is 3. The second-order valence-electron chi connectivity index (χ2n) is 8.83. The predicted octanol–water partition coefficient (Wildman–Crippen LogP) is 2.95. The minimum atomic E-state index is -1.62. The zero-order chi connectivity index (χ0) is 21.3. The first-order chi connectivity index (χ1) is 13.8. The Hall–Kier alpha value is -2.94. The standard InChI is InChI=1S/C24H27N5/c1-15(2)17-5-7-18(8-6-17)22-19(11-25)23(28)24(13-26,14-27)21-9-10-29(16(3)4)12-20(21)22/h5-9,15-16,19-20,22,28H,10,12H2,1-4H3/p+1/t19?,20-,22+/m0/s1. The Labute approximate surface area is 173 Å². The molecule has 0 amide bonds. The van der Waals surface area contributed by atoms with Crippen molar-refractivity contribution in [2.75, 3.05) is 13.1 Å². The summed E-state index contributed by atoms with van der Waals surface area (Å²) in [6.45, 7) is 10.1. The molecule has 4 atom stereocenters. The summed E-state index contributed by atoms with van der Waals surface area (Å²) < 4.78 is 0. The predicted molar refractivity (Wildman–Crippen MR) is 111 cm³/mol. The van der Waals surface area contributed by atoms with Crippen molar-refractivity contribution in [2.45, 2.75) is 45.6 Å². The minimum Gasteiger partial charge on any atom is -0.329 e. The van der Waals surface area contributed by atoms with Crippen LogP contribution in [0.5, 0.6) is 0 Å². The van der Waals surface area contributed by atoms with Crippen LogP contribution < -0.4 is 4.90 Å². The van der Waals surface area contributed by atoms with Gasteiger partial charge in [0.15, 0.2) is 0 Å². The maximum atomic E-state index is 9.99. The highest BCUT2D eigenvalue weighted by Crippen LogP contribution is 2.51. The van der Waals surface area contributed by atoms with Crippen LogP contribution in [0.3, 0.4) is 0 Å². The van der Waals surface area contributed by atoms with E-state index >= 15 is 0 Å². The Kier molecular flexibility index (Phi) is 5.61. The molecule has 1 aromatic rings. The molecule has 5 nitrogen and oxygen atoms in total. The van der Waals surface area contributed by atoms with Gasteiger partial charge in [-0.15, -0.1) is 0 Å². The number of hydrogen-bond donors (Lipinski definition) is 2. The van der Waals surface area contributed by atoms with E-state index < -0.39 is 11.3 Å². The molecular weight excluding hydrogens is 358 g/mol. The third kappa shape index (κ3) is 3.25. The summed E-state index contributed by atoms with van der Waals surface area (Å²) in [5.74, 6) is -0.697. The highest BCUT2D eigenvalue weighted by atomic mass is 15.2. The van der Waals surface area contributed by atoms with Crippen molar-refractivity contribution < 1.29 is 4.90 Å². The van der Waals surface area contributed by atoms with Gasteiger partial charge in [-0.25, -0.2) is 0 Å². The van der Waals surface area contributed by atoms with E-state index in [1.807, 2.05) is 6.08 Å². The van der Waals surface area contributed by atoms with Crippen LogP contribution in [0, 0.1) is 56.7 Å². The van der Waals surface area contributed by atoms with Crippen molar-refractivity contribution in [3.63, 3.8) is 0 Å². The molecule has 0 aromatic heterocycles. The number of benzene rings is 1. The normalized spacial score (nSPS) is 28.1. The first-order valence-electron chi connectivity index (χ1n) is 10.3. The monoisotopic (exact) mass is 386 g/mol. The van der Waals surface area contributed by atoms with Gasteiger partial charge < -0.3 is 10.3 Å². The summed E-state index contributed by atoms with van der Waals surface area (Å²) in [5, 5.41) is 38.5. The smallest absolute Gasteiger partial charge is 0.203 e. The van der Waals surface area contributed by atoms with Crippen molar-refractivity contribution in [2.24, 2.45) is 17.3 Å². The van der Waals surface area contributed by atoms with Crippen LogP contribution in [0.25, 0.3) is 0 Å². The van der Waals surface area contributed by atoms with Gasteiger partial charge >= 0.3 is 0 Å². The number of quaternary nitrogens is 1. The van der Waals surface area contributed by atoms with E-state index in [9.17, 15) is 15.8 Å². The Balaban J connectivity index is 2.17. The first-order valence-corrected chi connectivity index (χ1v) is 10.3. The molecule has 0 saturated heterocycles. The van der Waals surface area contributed by atoms with Crippen molar-refractivity contribution >= 4 is 5.71 Å². The lowest BCUT2D eigenvalue weighted by molar-refractivity contribution is -0.920. The van der Waals surface area contributed by atoms with Crippen molar-refractivity contribution in [1.82, 2.24) is 0 Å². The van der Waals surface area contributed by atoms with E-state index in [1.165, 1.54) is 10.5 Å². The SMILES string of the molecule is CC(C)c1ccc([C@@H]2C(C#N)C(=N)C(C#N)(C#N)C3=CC[NH+](C(C)C)C[C@@H]32)cc1. The van der Waals surface area contributed by atoms with E-state index in [0.717, 1.165) is 24.2 Å². The van der Waals surface area contributed by atoms with E-state index in [1.54, 1.807) is 0 Å². The lowest BCUT2D eigenvalue weighted by Crippen LogP contribution is -3.16. The quantitative estimate of drug-likeness (QED) is 0.781. The molecule has 1 aliphatic heterocycles. The molecule has 0 radical (unpaired) electrons. The van der Waals surface area contributed by atoms with Crippen LogP contribution in [-0.2, 0) is 0 Å². The Morgan fingerprint density at radius 3 is 2.17 bits per heavy atom. The summed E-state index contributed by atoms with van der Waals surface area (Å²) in [6.07, 6.45) is 1.99. The third-order valence-electron chi connectivity index (χ3n) is 6.69. The molecule has 29 heavy (non-hydrogen) atoms. The van der Waals surface area contributed by atoms with Crippen LogP contribution >= 0.6 is 0 Å². The van der Waals surface area contributed by atoms with Gasteiger partial charge in [0.1, 0.15) is 0 Å². The van der Waals surface area contributed by atoms with Gasteiger partial charge in [0.05, 0.1) is 49.0 Å². The third-order valence-corrected chi connectivity index (χ3v) is 6.69. The molecule has 1 fully saturated rings. The zero-order valence-electron chi connectivity index (χ0n) is 17.5. The van der Waals surface area contributed by atoms with Gasteiger partial charge in [0.25, 0.3) is 0 Å². The van der Waals surface area contributed by atoms with Gasteiger partial charge in [-0.3, -0.25) is 0 Å². The molecule has 5 heteroatoms. The molecule has 2 unspecified atom stereocenters. The van der Waals surface area contributed by atoms with Gasteiger partial charge in [-0.1, -0.05) is 38.1 Å². The molecule has 2 aliphatic rings. The van der Waals surface area contributed by atoms with Crippen LogP contribution in [-0.4, -0.2) is 24.8 Å². The Morgan fingerprint density at radius 1 is 1.07 bits per heavy atom. The van der Waals surface area contributed by atoms with Gasteiger partial charge in [-0.05, 0) is 42.5 Å². The van der Waals surface area contributed by atoms with Gasteiger partial charge in [0, 0.05) is 11.8 Å². The van der Waals surface area contributed by atoms with Crippen molar-refractivity contribution in [1.29, 1.82) is 21.2 Å². The minimum absolute atomic E-state index is 0.0709. The summed E-state index contributed by atoms with van der Waals surface area (Å²) in [5.41, 5.74) is 1.27. The maximum absolute atomic E-state index is 9.99. The van der Waals surface area contributed by atoms with Gasteiger partial charge in [-0.2, -0.15) is 15.8 Å². The number of rotatable bonds is 3. The topological polar surface area (TPSA) is 99.7 Å². The highest BCUT2D eigenvalue weighted by Gasteiger charge is 2.57. The second-order valence-corrected chi connectivity index (χ2v) is 8.83. The van der Waals surface area contributed by atoms with E-state index in [4.69, 9.17) is 5.41 Å². The molecule has 1 saturated carbocycles. The van der Waals surface area contributed by atoms with Crippen LogP contribution in [0.2, 0.25) is 0 Å². The molecule has 148 valence electrons. The zero-order valence-corrected chi connectivity index (χ0v) is 17.5. The van der Waals surface area contributed by atoms with Crippen LogP contribution in [0.15, 0.2) is 35.9 Å². The highest BCUT2D eigenvalue weighted by molar-refractivity contribution is 6.01. The number of fused-ring (bicyclic) bond motifs is 1. The van der Waals surface area contributed by atoms with E-state index in [-0.39, 0.29) is 17.5 Å². The average molecular weight is 387 g/mol. The molecule has 1 aliphatic carbocycles.